The van der Waals surface area contributed by atoms with Gasteiger partial charge in [-0.05, 0) is 59.2 Å². The van der Waals surface area contributed by atoms with Crippen molar-refractivity contribution in [2.75, 3.05) is 18.2 Å². The molecular formula is C24H22N2O3. The highest BCUT2D eigenvalue weighted by Crippen LogP contribution is 2.23. The van der Waals surface area contributed by atoms with Gasteiger partial charge in [-0.1, -0.05) is 49.0 Å². The van der Waals surface area contributed by atoms with E-state index in [0.29, 0.717) is 11.4 Å². The van der Waals surface area contributed by atoms with Crippen molar-refractivity contribution in [2.24, 2.45) is 5.10 Å². The van der Waals surface area contributed by atoms with Gasteiger partial charge < -0.3 is 9.84 Å². The number of carbonyl (C=O) groups is 1. The quantitative estimate of drug-likeness (QED) is 0.357. The molecule has 0 spiro atoms. The average molecular weight is 386 g/mol. The molecule has 1 amide bonds. The zero-order valence-electron chi connectivity index (χ0n) is 15.9. The number of nitrogens with zero attached hydrogens (tertiary/aromatic N) is 2. The van der Waals surface area contributed by atoms with Gasteiger partial charge in [-0.15, -0.1) is 0 Å². The normalized spacial score (nSPS) is 10.7. The number of hydrogen-bond donors (Lipinski definition) is 1. The Kier molecular flexibility index (Phi) is 6.92. The van der Waals surface area contributed by atoms with Gasteiger partial charge in [0.05, 0.1) is 18.5 Å². The molecule has 0 atom stereocenters. The van der Waals surface area contributed by atoms with Gasteiger partial charge in [0.15, 0.2) is 0 Å². The molecule has 3 aromatic rings. The number of amides is 1. The summed E-state index contributed by atoms with van der Waals surface area (Å²) in [6.45, 7) is 3.77. The van der Waals surface area contributed by atoms with Crippen molar-refractivity contribution in [1.82, 2.24) is 0 Å². The van der Waals surface area contributed by atoms with Crippen molar-refractivity contribution in [2.45, 2.75) is 0 Å². The van der Waals surface area contributed by atoms with Crippen LogP contribution in [0.3, 0.4) is 0 Å². The first kappa shape index (κ1) is 20.0. The Balaban J connectivity index is 1.78. The number of aliphatic hydroxyl groups excluding tert-OH is 1. The maximum atomic E-state index is 12.3. The molecule has 3 aromatic carbocycles. The number of aliphatic hydroxyl groups is 1. The third-order valence-electron chi connectivity index (χ3n) is 4.16. The highest BCUT2D eigenvalue weighted by atomic mass is 16.5. The fourth-order valence-corrected chi connectivity index (χ4v) is 2.70. The maximum Gasteiger partial charge on any atom is 0.270 e. The summed E-state index contributed by atoms with van der Waals surface area (Å²) in [5.41, 5.74) is 3.62. The standard InChI is InChI=1S/C24H22N2O3/c1-2-24(28)26(25-18-19-8-14-23(15-9-19)29-17-16-27)22-12-10-21(11-13-22)20-6-4-3-5-7-20/h2-15,18,27H,1,16-17H2. The van der Waals surface area contributed by atoms with Crippen molar-refractivity contribution in [1.29, 1.82) is 0 Å². The maximum absolute atomic E-state index is 12.3. The molecule has 29 heavy (non-hydrogen) atoms. The van der Waals surface area contributed by atoms with Gasteiger partial charge in [0.1, 0.15) is 12.4 Å². The molecule has 0 aromatic heterocycles. The summed E-state index contributed by atoms with van der Waals surface area (Å²) in [5.74, 6) is 0.336. The topological polar surface area (TPSA) is 62.1 Å². The molecule has 0 saturated carbocycles. The summed E-state index contributed by atoms with van der Waals surface area (Å²) in [5, 5.41) is 14.4. The smallest absolute Gasteiger partial charge is 0.270 e. The third-order valence-corrected chi connectivity index (χ3v) is 4.16. The molecular weight excluding hydrogens is 364 g/mol. The van der Waals surface area contributed by atoms with Gasteiger partial charge in [-0.3, -0.25) is 4.79 Å². The summed E-state index contributed by atoms with van der Waals surface area (Å²) in [6, 6.07) is 24.9. The van der Waals surface area contributed by atoms with Crippen molar-refractivity contribution in [3.63, 3.8) is 0 Å². The minimum atomic E-state index is -0.323. The van der Waals surface area contributed by atoms with E-state index < -0.39 is 0 Å². The van der Waals surface area contributed by atoms with Crippen LogP contribution in [-0.4, -0.2) is 30.4 Å². The Bertz CT molecular complexity index is 965. The molecule has 0 bridgehead atoms. The highest BCUT2D eigenvalue weighted by molar-refractivity contribution is 6.02. The molecule has 3 rings (SSSR count). The van der Waals surface area contributed by atoms with E-state index in [1.165, 1.54) is 11.1 Å². The minimum Gasteiger partial charge on any atom is -0.491 e. The average Bonchev–Trinajstić information content (AvgIpc) is 2.79. The number of benzene rings is 3. The van der Waals surface area contributed by atoms with Crippen molar-refractivity contribution in [3.8, 4) is 16.9 Å². The third kappa shape index (κ3) is 5.40. The molecule has 0 aliphatic rings. The monoisotopic (exact) mass is 386 g/mol. The summed E-state index contributed by atoms with van der Waals surface area (Å²) < 4.78 is 5.34. The largest absolute Gasteiger partial charge is 0.491 e. The van der Waals surface area contributed by atoms with Crippen LogP contribution in [0.25, 0.3) is 11.1 Å². The van der Waals surface area contributed by atoms with E-state index in [0.717, 1.165) is 16.7 Å². The minimum absolute atomic E-state index is 0.0368. The van der Waals surface area contributed by atoms with E-state index in [1.807, 2.05) is 66.7 Å². The van der Waals surface area contributed by atoms with Gasteiger partial charge >= 0.3 is 0 Å². The molecule has 0 aliphatic heterocycles. The van der Waals surface area contributed by atoms with Crippen LogP contribution in [0.15, 0.2) is 96.6 Å². The predicted molar refractivity (Wildman–Crippen MR) is 116 cm³/mol. The SMILES string of the molecule is C=CC(=O)N(N=Cc1ccc(OCCO)cc1)c1ccc(-c2ccccc2)cc1. The van der Waals surface area contributed by atoms with Gasteiger partial charge in [0.2, 0.25) is 0 Å². The Labute approximate surface area is 170 Å². The predicted octanol–water partition coefficient (Wildman–Crippen LogP) is 4.28. The molecule has 0 radical (unpaired) electrons. The number of anilines is 1. The second kappa shape index (κ2) is 10.0. The van der Waals surface area contributed by atoms with E-state index in [4.69, 9.17) is 9.84 Å². The van der Waals surface area contributed by atoms with Gasteiger partial charge in [0, 0.05) is 0 Å². The summed E-state index contributed by atoms with van der Waals surface area (Å²) >= 11 is 0. The lowest BCUT2D eigenvalue weighted by atomic mass is 10.1. The zero-order chi connectivity index (χ0) is 20.5. The first-order valence-corrected chi connectivity index (χ1v) is 9.21. The Morgan fingerprint density at radius 3 is 2.24 bits per heavy atom. The zero-order valence-corrected chi connectivity index (χ0v) is 15.9. The summed E-state index contributed by atoms with van der Waals surface area (Å²) in [6.07, 6.45) is 2.83. The first-order valence-electron chi connectivity index (χ1n) is 9.21. The van der Waals surface area contributed by atoms with Gasteiger partial charge in [0.25, 0.3) is 5.91 Å². The van der Waals surface area contributed by atoms with E-state index in [9.17, 15) is 4.79 Å². The van der Waals surface area contributed by atoms with Crippen LogP contribution in [0.2, 0.25) is 0 Å². The molecule has 5 nitrogen and oxygen atoms in total. The lowest BCUT2D eigenvalue weighted by Crippen LogP contribution is -2.23. The molecule has 5 heteroatoms. The van der Waals surface area contributed by atoms with Crippen LogP contribution in [0, 0.1) is 0 Å². The van der Waals surface area contributed by atoms with E-state index in [-0.39, 0.29) is 19.1 Å². The fraction of sp³-hybridized carbons (Fsp3) is 0.0833. The Morgan fingerprint density at radius 1 is 0.966 bits per heavy atom. The summed E-state index contributed by atoms with van der Waals surface area (Å²) in [7, 11) is 0. The molecule has 0 unspecified atom stereocenters. The Morgan fingerprint density at radius 2 is 1.62 bits per heavy atom. The van der Waals surface area contributed by atoms with Crippen LogP contribution < -0.4 is 9.75 Å². The van der Waals surface area contributed by atoms with Gasteiger partial charge in [-0.25, -0.2) is 0 Å². The molecule has 0 heterocycles. The Hall–Kier alpha value is -3.70. The highest BCUT2D eigenvalue weighted by Gasteiger charge is 2.11. The number of carbonyl (C=O) groups excluding carboxylic acids is 1. The number of rotatable bonds is 8. The number of hydrogen-bond acceptors (Lipinski definition) is 4. The van der Waals surface area contributed by atoms with Crippen molar-refractivity contribution >= 4 is 17.8 Å². The van der Waals surface area contributed by atoms with E-state index in [1.54, 1.807) is 18.3 Å². The summed E-state index contributed by atoms with van der Waals surface area (Å²) in [4.78, 5) is 12.3. The second-order valence-corrected chi connectivity index (χ2v) is 6.15. The lowest BCUT2D eigenvalue weighted by molar-refractivity contribution is -0.114. The molecule has 0 saturated heterocycles. The fourth-order valence-electron chi connectivity index (χ4n) is 2.70. The number of ether oxygens (including phenoxy) is 1. The van der Waals surface area contributed by atoms with Crippen LogP contribution in [0.5, 0.6) is 5.75 Å². The van der Waals surface area contributed by atoms with E-state index >= 15 is 0 Å². The van der Waals surface area contributed by atoms with Crippen LogP contribution >= 0.6 is 0 Å². The van der Waals surface area contributed by atoms with Crippen LogP contribution in [0.4, 0.5) is 5.69 Å². The van der Waals surface area contributed by atoms with Crippen molar-refractivity contribution in [3.05, 3.63) is 97.1 Å². The van der Waals surface area contributed by atoms with Crippen molar-refractivity contribution < 1.29 is 14.6 Å². The lowest BCUT2D eigenvalue weighted by Gasteiger charge is -2.16. The second-order valence-electron chi connectivity index (χ2n) is 6.15. The molecule has 0 fully saturated rings. The number of hydrazone groups is 1. The van der Waals surface area contributed by atoms with Crippen LogP contribution in [0.1, 0.15) is 5.56 Å². The van der Waals surface area contributed by atoms with E-state index in [2.05, 4.69) is 11.7 Å². The molecule has 146 valence electrons. The molecule has 1 N–H and O–H groups in total. The molecule has 0 aliphatic carbocycles. The van der Waals surface area contributed by atoms with Crippen LogP contribution in [-0.2, 0) is 4.79 Å². The van der Waals surface area contributed by atoms with Gasteiger partial charge in [-0.2, -0.15) is 10.1 Å². The first-order chi connectivity index (χ1) is 14.2.